The summed E-state index contributed by atoms with van der Waals surface area (Å²) >= 11 is 0. The Labute approximate surface area is 118 Å². The average Bonchev–Trinajstić information content (AvgIpc) is 2.85. The zero-order valence-corrected chi connectivity index (χ0v) is 11.7. The first kappa shape index (κ1) is 12.7. The van der Waals surface area contributed by atoms with Gasteiger partial charge in [-0.25, -0.2) is 0 Å². The maximum absolute atomic E-state index is 5.71. The Bertz CT molecular complexity index is 638. The van der Waals surface area contributed by atoms with Crippen molar-refractivity contribution in [2.24, 2.45) is 0 Å². The number of hydrogen-bond donors (Lipinski definition) is 2. The van der Waals surface area contributed by atoms with Gasteiger partial charge in [0.25, 0.3) is 0 Å². The van der Waals surface area contributed by atoms with Crippen LogP contribution in [0.1, 0.15) is 17.5 Å². The highest BCUT2D eigenvalue weighted by molar-refractivity contribution is 5.58. The van der Waals surface area contributed by atoms with E-state index in [0.717, 1.165) is 12.1 Å². The topological polar surface area (TPSA) is 80.0 Å². The third kappa shape index (κ3) is 2.49. The minimum atomic E-state index is 0.215. The van der Waals surface area contributed by atoms with Crippen molar-refractivity contribution in [1.82, 2.24) is 15.0 Å². The normalized spacial score (nSPS) is 13.1. The van der Waals surface area contributed by atoms with Crippen LogP contribution in [0, 0.1) is 0 Å². The monoisotopic (exact) mass is 270 g/mol. The highest BCUT2D eigenvalue weighted by atomic mass is 15.3. The Morgan fingerprint density at radius 2 is 1.90 bits per heavy atom. The van der Waals surface area contributed by atoms with Crippen LogP contribution in [0.25, 0.3) is 0 Å². The molecule has 0 spiro atoms. The summed E-state index contributed by atoms with van der Waals surface area (Å²) < 4.78 is 0. The number of nitrogens with zero attached hydrogens (tertiary/aromatic N) is 4. The summed E-state index contributed by atoms with van der Waals surface area (Å²) in [5.41, 5.74) is 9.55. The minimum Gasteiger partial charge on any atom is -0.368 e. The number of benzene rings is 1. The summed E-state index contributed by atoms with van der Waals surface area (Å²) in [4.78, 5) is 14.3. The second-order valence-corrected chi connectivity index (χ2v) is 5.17. The van der Waals surface area contributed by atoms with Crippen molar-refractivity contribution in [3.63, 3.8) is 0 Å². The third-order valence-corrected chi connectivity index (χ3v) is 3.40. The average molecular weight is 270 g/mol. The maximum atomic E-state index is 5.71. The molecule has 3 rings (SSSR count). The molecule has 1 aromatic carbocycles. The van der Waals surface area contributed by atoms with E-state index in [2.05, 4.69) is 38.5 Å². The van der Waals surface area contributed by atoms with E-state index in [0.29, 0.717) is 11.9 Å². The van der Waals surface area contributed by atoms with Gasteiger partial charge in [-0.3, -0.25) is 0 Å². The van der Waals surface area contributed by atoms with Crippen molar-refractivity contribution < 1.29 is 0 Å². The molecule has 0 bridgehead atoms. The lowest BCUT2D eigenvalue weighted by Crippen LogP contribution is -2.15. The molecule has 1 aliphatic rings. The zero-order chi connectivity index (χ0) is 14.1. The molecule has 6 heteroatoms. The molecule has 0 saturated heterocycles. The number of aromatic nitrogens is 3. The van der Waals surface area contributed by atoms with Gasteiger partial charge >= 0.3 is 0 Å². The summed E-state index contributed by atoms with van der Waals surface area (Å²) in [6.07, 6.45) is 3.56. The number of nitrogens with one attached hydrogen (secondary N) is 1. The fraction of sp³-hybridized carbons (Fsp3) is 0.357. The van der Waals surface area contributed by atoms with Gasteiger partial charge < -0.3 is 16.0 Å². The molecule has 104 valence electrons. The highest BCUT2D eigenvalue weighted by Crippen LogP contribution is 2.26. The molecule has 0 aliphatic heterocycles. The van der Waals surface area contributed by atoms with E-state index in [1.165, 1.54) is 24.0 Å². The quantitative estimate of drug-likeness (QED) is 0.884. The van der Waals surface area contributed by atoms with Gasteiger partial charge in [0.15, 0.2) is 0 Å². The van der Waals surface area contributed by atoms with Gasteiger partial charge in [-0.15, -0.1) is 0 Å². The van der Waals surface area contributed by atoms with Crippen molar-refractivity contribution in [1.29, 1.82) is 0 Å². The molecule has 0 atom stereocenters. The van der Waals surface area contributed by atoms with Crippen molar-refractivity contribution in [3.05, 3.63) is 29.3 Å². The largest absolute Gasteiger partial charge is 0.368 e. The molecule has 0 unspecified atom stereocenters. The molecular formula is C14H18N6. The van der Waals surface area contributed by atoms with Crippen LogP contribution in [-0.4, -0.2) is 29.0 Å². The molecule has 20 heavy (non-hydrogen) atoms. The number of hydrogen-bond acceptors (Lipinski definition) is 6. The fourth-order valence-corrected chi connectivity index (χ4v) is 2.42. The smallest absolute Gasteiger partial charge is 0.233 e. The van der Waals surface area contributed by atoms with Crippen LogP contribution < -0.4 is 16.0 Å². The number of aryl methyl sites for hydroxylation is 2. The number of fused-ring (bicyclic) bond motifs is 1. The van der Waals surface area contributed by atoms with Crippen LogP contribution in [0.5, 0.6) is 0 Å². The van der Waals surface area contributed by atoms with Crippen molar-refractivity contribution in [2.45, 2.75) is 19.3 Å². The molecule has 0 fully saturated rings. The standard InChI is InChI=1S/C14H18N6/c1-20(2)14-18-12(15)17-13(19-14)16-11-7-6-9-4-3-5-10(9)8-11/h6-8H,3-5H2,1-2H3,(H3,15,16,17,18,19). The van der Waals surface area contributed by atoms with Gasteiger partial charge in [0.1, 0.15) is 0 Å². The Balaban J connectivity index is 1.87. The Hall–Kier alpha value is -2.37. The van der Waals surface area contributed by atoms with Crippen molar-refractivity contribution in [2.75, 3.05) is 30.0 Å². The molecule has 0 radical (unpaired) electrons. The lowest BCUT2D eigenvalue weighted by atomic mass is 10.1. The Morgan fingerprint density at radius 3 is 2.70 bits per heavy atom. The molecule has 0 amide bonds. The number of nitrogens with two attached hydrogens (primary N) is 1. The van der Waals surface area contributed by atoms with Gasteiger partial charge in [0, 0.05) is 19.8 Å². The maximum Gasteiger partial charge on any atom is 0.233 e. The fourth-order valence-electron chi connectivity index (χ4n) is 2.42. The van der Waals surface area contributed by atoms with E-state index in [1.54, 1.807) is 4.90 Å². The molecule has 1 heterocycles. The first-order valence-corrected chi connectivity index (χ1v) is 6.69. The second-order valence-electron chi connectivity index (χ2n) is 5.17. The van der Waals surface area contributed by atoms with E-state index in [4.69, 9.17) is 5.73 Å². The highest BCUT2D eigenvalue weighted by Gasteiger charge is 2.12. The Morgan fingerprint density at radius 1 is 1.10 bits per heavy atom. The van der Waals surface area contributed by atoms with E-state index < -0.39 is 0 Å². The minimum absolute atomic E-state index is 0.215. The molecule has 0 saturated carbocycles. The second kappa shape index (κ2) is 4.96. The summed E-state index contributed by atoms with van der Waals surface area (Å²) in [7, 11) is 3.74. The molecule has 1 aromatic heterocycles. The van der Waals surface area contributed by atoms with Crippen LogP contribution >= 0.6 is 0 Å². The molecule has 3 N–H and O–H groups in total. The van der Waals surface area contributed by atoms with E-state index in [-0.39, 0.29) is 5.95 Å². The van der Waals surface area contributed by atoms with Gasteiger partial charge in [0.05, 0.1) is 0 Å². The molecular weight excluding hydrogens is 252 g/mol. The number of nitrogen functional groups attached to an aromatic ring is 1. The molecule has 1 aliphatic carbocycles. The first-order chi connectivity index (χ1) is 9.61. The van der Waals surface area contributed by atoms with Gasteiger partial charge in [0.2, 0.25) is 17.8 Å². The van der Waals surface area contributed by atoms with E-state index in [1.807, 2.05) is 14.1 Å². The van der Waals surface area contributed by atoms with Gasteiger partial charge in [-0.05, 0) is 42.5 Å². The van der Waals surface area contributed by atoms with Crippen LogP contribution in [0.2, 0.25) is 0 Å². The molecule has 2 aromatic rings. The van der Waals surface area contributed by atoms with Crippen LogP contribution in [-0.2, 0) is 12.8 Å². The van der Waals surface area contributed by atoms with E-state index in [9.17, 15) is 0 Å². The lowest BCUT2D eigenvalue weighted by Gasteiger charge is -2.12. The molecule has 6 nitrogen and oxygen atoms in total. The number of rotatable bonds is 3. The van der Waals surface area contributed by atoms with E-state index >= 15 is 0 Å². The summed E-state index contributed by atoms with van der Waals surface area (Å²) in [6.45, 7) is 0. The summed E-state index contributed by atoms with van der Waals surface area (Å²) in [6, 6.07) is 6.39. The third-order valence-electron chi connectivity index (χ3n) is 3.40. The SMILES string of the molecule is CN(C)c1nc(N)nc(Nc2ccc3c(c2)CCC3)n1. The predicted molar refractivity (Wildman–Crippen MR) is 80.3 cm³/mol. The first-order valence-electron chi connectivity index (χ1n) is 6.69. The number of anilines is 4. The van der Waals surface area contributed by atoms with Crippen LogP contribution in [0.15, 0.2) is 18.2 Å². The summed E-state index contributed by atoms with van der Waals surface area (Å²) in [5, 5.41) is 3.20. The lowest BCUT2D eigenvalue weighted by molar-refractivity contribution is 0.912. The van der Waals surface area contributed by atoms with Gasteiger partial charge in [-0.2, -0.15) is 15.0 Å². The zero-order valence-electron chi connectivity index (χ0n) is 11.7. The summed E-state index contributed by atoms with van der Waals surface area (Å²) in [5.74, 6) is 1.23. The van der Waals surface area contributed by atoms with Crippen molar-refractivity contribution in [3.8, 4) is 0 Å². The van der Waals surface area contributed by atoms with Crippen molar-refractivity contribution >= 4 is 23.5 Å². The van der Waals surface area contributed by atoms with Gasteiger partial charge in [-0.1, -0.05) is 6.07 Å². The van der Waals surface area contributed by atoms with Crippen LogP contribution in [0.3, 0.4) is 0 Å². The Kier molecular flexibility index (Phi) is 3.14. The van der Waals surface area contributed by atoms with Crippen LogP contribution in [0.4, 0.5) is 23.5 Å². The predicted octanol–water partition coefficient (Wildman–Crippen LogP) is 1.75.